The molecule has 7 nitrogen and oxygen atoms in total. The summed E-state index contributed by atoms with van der Waals surface area (Å²) in [5.41, 5.74) is 3.37. The number of nitrogens with one attached hydrogen (secondary N) is 2. The van der Waals surface area contributed by atoms with E-state index in [-0.39, 0.29) is 0 Å². The predicted molar refractivity (Wildman–Crippen MR) is 108 cm³/mol. The zero-order chi connectivity index (χ0) is 19.9. The molecule has 0 radical (unpaired) electrons. The van der Waals surface area contributed by atoms with Crippen LogP contribution < -0.4 is 20.2 Å². The van der Waals surface area contributed by atoms with Crippen LogP contribution >= 0.6 is 0 Å². The molecule has 0 heterocycles. The summed E-state index contributed by atoms with van der Waals surface area (Å²) in [4.78, 5) is 24.2. The first-order valence-electron chi connectivity index (χ1n) is 8.46. The maximum Gasteiger partial charge on any atom is 0.329 e. The minimum Gasteiger partial charge on any atom is -0.497 e. The first-order chi connectivity index (χ1) is 13.6. The summed E-state index contributed by atoms with van der Waals surface area (Å²) in [6, 6.07) is 18.4. The average molecular weight is 377 g/mol. The number of benzene rings is 3. The van der Waals surface area contributed by atoms with E-state index in [9.17, 15) is 9.59 Å². The fourth-order valence-corrected chi connectivity index (χ4v) is 2.67. The average Bonchev–Trinajstić information content (AvgIpc) is 2.73. The minimum atomic E-state index is -0.902. The Balaban J connectivity index is 1.68. The highest BCUT2D eigenvalue weighted by molar-refractivity contribution is 6.39. The summed E-state index contributed by atoms with van der Waals surface area (Å²) in [6.07, 6.45) is 1.50. The Hall–Kier alpha value is -3.87. The van der Waals surface area contributed by atoms with Gasteiger partial charge in [0.15, 0.2) is 0 Å². The van der Waals surface area contributed by atoms with Gasteiger partial charge in [-0.05, 0) is 22.9 Å². The third-order valence-electron chi connectivity index (χ3n) is 4.05. The van der Waals surface area contributed by atoms with E-state index in [4.69, 9.17) is 9.47 Å². The van der Waals surface area contributed by atoms with Crippen molar-refractivity contribution in [2.75, 3.05) is 19.5 Å². The summed E-state index contributed by atoms with van der Waals surface area (Å²) in [5.74, 6) is -0.852. The number of nitrogens with zero attached hydrogens (tertiary/aromatic N) is 1. The number of anilines is 1. The Kier molecular flexibility index (Phi) is 5.86. The predicted octanol–water partition coefficient (Wildman–Crippen LogP) is 2.95. The SMILES string of the molecule is COc1ccc(OC)c(NC(=O)C(=O)N/N=C\c2cccc3ccccc23)c1. The number of carbonyl (C=O) groups excluding carboxylic acids is 2. The number of fused-ring (bicyclic) bond motifs is 1. The van der Waals surface area contributed by atoms with Gasteiger partial charge in [-0.3, -0.25) is 9.59 Å². The number of ether oxygens (including phenoxy) is 2. The molecule has 0 unspecified atom stereocenters. The molecule has 0 aliphatic heterocycles. The second-order valence-electron chi connectivity index (χ2n) is 5.79. The number of methoxy groups -OCH3 is 2. The second kappa shape index (κ2) is 8.68. The topological polar surface area (TPSA) is 89.0 Å². The molecule has 2 N–H and O–H groups in total. The van der Waals surface area contributed by atoms with Crippen molar-refractivity contribution in [3.05, 3.63) is 66.2 Å². The van der Waals surface area contributed by atoms with Crippen molar-refractivity contribution in [2.24, 2.45) is 5.10 Å². The van der Waals surface area contributed by atoms with E-state index >= 15 is 0 Å². The molecule has 0 fully saturated rings. The van der Waals surface area contributed by atoms with Crippen molar-refractivity contribution in [1.82, 2.24) is 5.43 Å². The summed E-state index contributed by atoms with van der Waals surface area (Å²) < 4.78 is 10.3. The van der Waals surface area contributed by atoms with Gasteiger partial charge < -0.3 is 14.8 Å². The molecule has 0 saturated carbocycles. The van der Waals surface area contributed by atoms with Crippen molar-refractivity contribution in [1.29, 1.82) is 0 Å². The quantitative estimate of drug-likeness (QED) is 0.406. The van der Waals surface area contributed by atoms with Crippen LogP contribution in [0.2, 0.25) is 0 Å². The summed E-state index contributed by atoms with van der Waals surface area (Å²) >= 11 is 0. The number of amides is 2. The third kappa shape index (κ3) is 4.27. The summed E-state index contributed by atoms with van der Waals surface area (Å²) in [5, 5.41) is 8.42. The van der Waals surface area contributed by atoms with Gasteiger partial charge in [-0.15, -0.1) is 0 Å². The molecule has 0 bridgehead atoms. The van der Waals surface area contributed by atoms with E-state index in [1.807, 2.05) is 42.5 Å². The molecule has 142 valence electrons. The van der Waals surface area contributed by atoms with Crippen molar-refractivity contribution in [2.45, 2.75) is 0 Å². The molecule has 0 saturated heterocycles. The zero-order valence-electron chi connectivity index (χ0n) is 15.4. The van der Waals surface area contributed by atoms with E-state index in [0.717, 1.165) is 16.3 Å². The van der Waals surface area contributed by atoms with Gasteiger partial charge in [-0.1, -0.05) is 42.5 Å². The van der Waals surface area contributed by atoms with Gasteiger partial charge in [0, 0.05) is 11.6 Å². The first-order valence-corrected chi connectivity index (χ1v) is 8.46. The highest BCUT2D eigenvalue weighted by Gasteiger charge is 2.16. The van der Waals surface area contributed by atoms with Crippen LogP contribution in [-0.2, 0) is 9.59 Å². The van der Waals surface area contributed by atoms with Gasteiger partial charge in [0.1, 0.15) is 11.5 Å². The van der Waals surface area contributed by atoms with E-state index in [0.29, 0.717) is 17.2 Å². The number of hydrogen-bond donors (Lipinski definition) is 2. The van der Waals surface area contributed by atoms with Crippen molar-refractivity contribution < 1.29 is 19.1 Å². The molecule has 7 heteroatoms. The van der Waals surface area contributed by atoms with Crippen LogP contribution in [0.4, 0.5) is 5.69 Å². The summed E-state index contributed by atoms with van der Waals surface area (Å²) in [7, 11) is 2.97. The normalized spacial score (nSPS) is 10.6. The van der Waals surface area contributed by atoms with Crippen LogP contribution in [0.5, 0.6) is 11.5 Å². The fraction of sp³-hybridized carbons (Fsp3) is 0.0952. The van der Waals surface area contributed by atoms with Gasteiger partial charge in [0.25, 0.3) is 0 Å². The van der Waals surface area contributed by atoms with Crippen molar-refractivity contribution in [3.63, 3.8) is 0 Å². The molecular weight excluding hydrogens is 358 g/mol. The van der Waals surface area contributed by atoms with Crippen LogP contribution in [0.25, 0.3) is 10.8 Å². The third-order valence-corrected chi connectivity index (χ3v) is 4.05. The van der Waals surface area contributed by atoms with Crippen LogP contribution in [0.3, 0.4) is 0 Å². The first kappa shape index (κ1) is 18.9. The summed E-state index contributed by atoms with van der Waals surface area (Å²) in [6.45, 7) is 0. The molecule has 3 aromatic rings. The molecule has 0 spiro atoms. The molecule has 2 amide bonds. The monoisotopic (exact) mass is 377 g/mol. The second-order valence-corrected chi connectivity index (χ2v) is 5.79. The zero-order valence-corrected chi connectivity index (χ0v) is 15.4. The van der Waals surface area contributed by atoms with E-state index in [1.165, 1.54) is 20.4 Å². The Morgan fingerprint density at radius 1 is 0.929 bits per heavy atom. The molecule has 0 atom stereocenters. The number of carbonyl (C=O) groups is 2. The van der Waals surface area contributed by atoms with Gasteiger partial charge in [-0.25, -0.2) is 5.43 Å². The van der Waals surface area contributed by atoms with Crippen LogP contribution in [0.1, 0.15) is 5.56 Å². The van der Waals surface area contributed by atoms with Crippen LogP contribution in [-0.4, -0.2) is 32.2 Å². The maximum absolute atomic E-state index is 12.1. The maximum atomic E-state index is 12.1. The molecule has 0 aromatic heterocycles. The number of rotatable bonds is 5. The van der Waals surface area contributed by atoms with Crippen LogP contribution in [0.15, 0.2) is 65.8 Å². The smallest absolute Gasteiger partial charge is 0.329 e. The lowest BCUT2D eigenvalue weighted by molar-refractivity contribution is -0.136. The van der Waals surface area contributed by atoms with Gasteiger partial charge >= 0.3 is 11.8 Å². The van der Waals surface area contributed by atoms with E-state index in [1.54, 1.807) is 18.2 Å². The Labute approximate surface area is 162 Å². The number of hydrazone groups is 1. The number of hydrogen-bond acceptors (Lipinski definition) is 5. The fourth-order valence-electron chi connectivity index (χ4n) is 2.67. The van der Waals surface area contributed by atoms with Crippen LogP contribution in [0, 0.1) is 0 Å². The lowest BCUT2D eigenvalue weighted by Crippen LogP contribution is -2.32. The standard InChI is InChI=1S/C21H19N3O4/c1-27-16-10-11-19(28-2)18(12-16)23-20(25)21(26)24-22-13-15-8-5-7-14-6-3-4-9-17(14)15/h3-13H,1-2H3,(H,23,25)(H,24,26)/b22-13-. The Morgan fingerprint density at radius 3 is 2.50 bits per heavy atom. The Morgan fingerprint density at radius 2 is 1.71 bits per heavy atom. The molecule has 3 aromatic carbocycles. The minimum absolute atomic E-state index is 0.319. The van der Waals surface area contributed by atoms with E-state index < -0.39 is 11.8 Å². The largest absolute Gasteiger partial charge is 0.497 e. The lowest BCUT2D eigenvalue weighted by Gasteiger charge is -2.11. The lowest BCUT2D eigenvalue weighted by atomic mass is 10.1. The highest BCUT2D eigenvalue weighted by atomic mass is 16.5. The van der Waals surface area contributed by atoms with Crippen molar-refractivity contribution in [3.8, 4) is 11.5 Å². The van der Waals surface area contributed by atoms with Gasteiger partial charge in [0.05, 0.1) is 26.1 Å². The van der Waals surface area contributed by atoms with E-state index in [2.05, 4.69) is 15.8 Å². The van der Waals surface area contributed by atoms with Gasteiger partial charge in [0.2, 0.25) is 0 Å². The van der Waals surface area contributed by atoms with Gasteiger partial charge in [-0.2, -0.15) is 5.10 Å². The molecule has 28 heavy (non-hydrogen) atoms. The van der Waals surface area contributed by atoms with Crippen molar-refractivity contribution >= 4 is 34.5 Å². The molecular formula is C21H19N3O4. The molecule has 0 aliphatic rings. The molecule has 3 rings (SSSR count). The molecule has 0 aliphatic carbocycles. The Bertz CT molecular complexity index is 1040. The highest BCUT2D eigenvalue weighted by Crippen LogP contribution is 2.28.